The van der Waals surface area contributed by atoms with Gasteiger partial charge in [0.25, 0.3) is 0 Å². The van der Waals surface area contributed by atoms with Crippen LogP contribution in [0.5, 0.6) is 0 Å². The van der Waals surface area contributed by atoms with E-state index in [1.165, 1.54) is 4.70 Å². The van der Waals surface area contributed by atoms with Crippen LogP contribution in [0.2, 0.25) is 4.34 Å². The Bertz CT molecular complexity index is 579. The predicted molar refractivity (Wildman–Crippen MR) is 67.9 cm³/mol. The van der Waals surface area contributed by atoms with Crippen LogP contribution in [-0.2, 0) is 0 Å². The highest BCUT2D eigenvalue weighted by molar-refractivity contribution is 7.26. The summed E-state index contributed by atoms with van der Waals surface area (Å²) in [7, 11) is 0. The van der Waals surface area contributed by atoms with E-state index >= 15 is 0 Å². The first kappa shape index (κ1) is 9.33. The second-order valence-electron chi connectivity index (χ2n) is 3.09. The number of benzene rings is 1. The monoisotopic (exact) mass is 251 g/mol. The van der Waals surface area contributed by atoms with Gasteiger partial charge in [-0.3, -0.25) is 0 Å². The zero-order valence-corrected chi connectivity index (χ0v) is 9.99. The fourth-order valence-corrected chi connectivity index (χ4v) is 3.47. The average molecular weight is 252 g/mol. The normalized spacial score (nSPS) is 11.0. The topological polar surface area (TPSA) is 12.9 Å². The Morgan fingerprint density at radius 3 is 2.60 bits per heavy atom. The fraction of sp³-hybridized carbons (Fsp3) is 0. The summed E-state index contributed by atoms with van der Waals surface area (Å²) < 4.78 is 2.03. The molecular weight excluding hydrogens is 246 g/mol. The van der Waals surface area contributed by atoms with Gasteiger partial charge in [-0.25, -0.2) is 4.98 Å². The summed E-state index contributed by atoms with van der Waals surface area (Å²) in [6.07, 6.45) is 0. The molecule has 3 rings (SSSR count). The minimum absolute atomic E-state index is 0.809. The molecule has 0 saturated carbocycles. The molecule has 2 heterocycles. The van der Waals surface area contributed by atoms with Gasteiger partial charge in [0.15, 0.2) is 0 Å². The molecule has 0 atom stereocenters. The van der Waals surface area contributed by atoms with Crippen molar-refractivity contribution < 1.29 is 0 Å². The second-order valence-corrected chi connectivity index (χ2v) is 5.84. The SMILES string of the molecule is Clc1ccc(-c2nc3ccccc3s2)s1. The zero-order chi connectivity index (χ0) is 10.3. The van der Waals surface area contributed by atoms with Gasteiger partial charge < -0.3 is 0 Å². The second kappa shape index (κ2) is 3.59. The standard InChI is InChI=1S/C11H6ClNS2/c12-10-6-5-9(14-10)11-13-7-3-1-2-4-8(7)15-11/h1-6H. The zero-order valence-electron chi connectivity index (χ0n) is 7.61. The van der Waals surface area contributed by atoms with Crippen LogP contribution in [0.4, 0.5) is 0 Å². The maximum Gasteiger partial charge on any atom is 0.134 e. The van der Waals surface area contributed by atoms with Crippen LogP contribution in [-0.4, -0.2) is 4.98 Å². The lowest BCUT2D eigenvalue weighted by Gasteiger charge is -1.84. The number of halogens is 1. The maximum atomic E-state index is 5.90. The first-order valence-electron chi connectivity index (χ1n) is 4.44. The molecule has 4 heteroatoms. The van der Waals surface area contributed by atoms with Gasteiger partial charge in [0, 0.05) is 0 Å². The van der Waals surface area contributed by atoms with Gasteiger partial charge in [-0.2, -0.15) is 0 Å². The van der Waals surface area contributed by atoms with Crippen molar-refractivity contribution in [3.8, 4) is 9.88 Å². The lowest BCUT2D eigenvalue weighted by molar-refractivity contribution is 1.50. The number of thiophene rings is 1. The largest absolute Gasteiger partial charge is 0.235 e. The summed E-state index contributed by atoms with van der Waals surface area (Å²) in [6, 6.07) is 12.1. The molecule has 2 aromatic heterocycles. The lowest BCUT2D eigenvalue weighted by atomic mass is 10.3. The van der Waals surface area contributed by atoms with Crippen molar-refractivity contribution in [3.05, 3.63) is 40.7 Å². The molecule has 0 N–H and O–H groups in total. The van der Waals surface area contributed by atoms with Crippen LogP contribution < -0.4 is 0 Å². The highest BCUT2D eigenvalue weighted by Crippen LogP contribution is 2.35. The molecule has 0 aliphatic rings. The van der Waals surface area contributed by atoms with Crippen molar-refractivity contribution >= 4 is 44.5 Å². The molecular formula is C11H6ClNS2. The maximum absolute atomic E-state index is 5.90. The van der Waals surface area contributed by atoms with Gasteiger partial charge in [0.1, 0.15) is 5.01 Å². The number of fused-ring (bicyclic) bond motifs is 1. The number of nitrogens with zero attached hydrogens (tertiary/aromatic N) is 1. The number of para-hydroxylation sites is 1. The highest BCUT2D eigenvalue weighted by Gasteiger charge is 2.07. The van der Waals surface area contributed by atoms with Crippen molar-refractivity contribution in [2.75, 3.05) is 0 Å². The van der Waals surface area contributed by atoms with E-state index in [2.05, 4.69) is 11.1 Å². The first-order valence-corrected chi connectivity index (χ1v) is 6.45. The quantitative estimate of drug-likeness (QED) is 0.612. The molecule has 0 radical (unpaired) electrons. The van der Waals surface area contributed by atoms with Gasteiger partial charge in [-0.15, -0.1) is 22.7 Å². The fourth-order valence-electron chi connectivity index (χ4n) is 1.41. The summed E-state index contributed by atoms with van der Waals surface area (Å²) in [4.78, 5) is 5.71. The first-order chi connectivity index (χ1) is 7.33. The Morgan fingerprint density at radius 2 is 1.87 bits per heavy atom. The third-order valence-electron chi connectivity index (χ3n) is 2.08. The molecule has 74 valence electrons. The highest BCUT2D eigenvalue weighted by atomic mass is 35.5. The Kier molecular flexibility index (Phi) is 2.24. The average Bonchev–Trinajstić information content (AvgIpc) is 2.82. The summed E-state index contributed by atoms with van der Waals surface area (Å²) in [5.74, 6) is 0. The third kappa shape index (κ3) is 1.67. The molecule has 0 aliphatic heterocycles. The smallest absolute Gasteiger partial charge is 0.134 e. The van der Waals surface area contributed by atoms with Crippen LogP contribution in [0.25, 0.3) is 20.1 Å². The van der Waals surface area contributed by atoms with Crippen molar-refractivity contribution in [1.82, 2.24) is 4.98 Å². The molecule has 0 aliphatic carbocycles. The van der Waals surface area contributed by atoms with E-state index in [0.29, 0.717) is 0 Å². The molecule has 0 fully saturated rings. The lowest BCUT2D eigenvalue weighted by Crippen LogP contribution is -1.67. The van der Waals surface area contributed by atoms with Crippen molar-refractivity contribution in [2.45, 2.75) is 0 Å². The van der Waals surface area contributed by atoms with Gasteiger partial charge >= 0.3 is 0 Å². The summed E-state index contributed by atoms with van der Waals surface area (Å²) in [5.41, 5.74) is 1.06. The van der Waals surface area contributed by atoms with Crippen LogP contribution in [0.3, 0.4) is 0 Å². The Balaban J connectivity index is 2.19. The van der Waals surface area contributed by atoms with Crippen LogP contribution in [0.15, 0.2) is 36.4 Å². The molecule has 1 aromatic carbocycles. The van der Waals surface area contributed by atoms with Gasteiger partial charge in [-0.05, 0) is 24.3 Å². The van der Waals surface area contributed by atoms with Crippen molar-refractivity contribution in [1.29, 1.82) is 0 Å². The molecule has 0 bridgehead atoms. The number of aromatic nitrogens is 1. The summed E-state index contributed by atoms with van der Waals surface area (Å²) >= 11 is 9.18. The van der Waals surface area contributed by atoms with E-state index in [-0.39, 0.29) is 0 Å². The Morgan fingerprint density at radius 1 is 1.00 bits per heavy atom. The summed E-state index contributed by atoms with van der Waals surface area (Å²) in [5, 5.41) is 1.05. The number of hydrogen-bond acceptors (Lipinski definition) is 3. The number of rotatable bonds is 1. The van der Waals surface area contributed by atoms with Gasteiger partial charge in [-0.1, -0.05) is 23.7 Å². The minimum Gasteiger partial charge on any atom is -0.235 e. The molecule has 3 aromatic rings. The molecule has 0 spiro atoms. The van der Waals surface area contributed by atoms with Crippen LogP contribution in [0, 0.1) is 0 Å². The molecule has 15 heavy (non-hydrogen) atoms. The van der Waals surface area contributed by atoms with E-state index in [0.717, 1.165) is 19.7 Å². The van der Waals surface area contributed by atoms with Gasteiger partial charge in [0.05, 0.1) is 19.4 Å². The summed E-state index contributed by atoms with van der Waals surface area (Å²) in [6.45, 7) is 0. The molecule has 0 amide bonds. The van der Waals surface area contributed by atoms with Crippen molar-refractivity contribution in [3.63, 3.8) is 0 Å². The predicted octanol–water partition coefficient (Wildman–Crippen LogP) is 4.68. The Labute approximate surface area is 100.0 Å². The number of thiazole rings is 1. The third-order valence-corrected chi connectivity index (χ3v) is 4.51. The van der Waals surface area contributed by atoms with E-state index in [4.69, 9.17) is 11.6 Å². The number of hydrogen-bond donors (Lipinski definition) is 0. The van der Waals surface area contributed by atoms with Crippen LogP contribution >= 0.6 is 34.3 Å². The molecule has 1 nitrogen and oxygen atoms in total. The Hall–Kier alpha value is -0.900. The van der Waals surface area contributed by atoms with Crippen LogP contribution in [0.1, 0.15) is 0 Å². The van der Waals surface area contributed by atoms with Crippen molar-refractivity contribution in [2.24, 2.45) is 0 Å². The van der Waals surface area contributed by atoms with Gasteiger partial charge in [0.2, 0.25) is 0 Å². The molecule has 0 unspecified atom stereocenters. The van der Waals surface area contributed by atoms with E-state index in [9.17, 15) is 0 Å². The van der Waals surface area contributed by atoms with E-state index < -0.39 is 0 Å². The minimum atomic E-state index is 0.809. The van der Waals surface area contributed by atoms with E-state index in [1.807, 2.05) is 30.3 Å². The molecule has 0 saturated heterocycles. The van der Waals surface area contributed by atoms with E-state index in [1.54, 1.807) is 22.7 Å².